The lowest BCUT2D eigenvalue weighted by atomic mass is 9.80. The molecule has 0 saturated heterocycles. The van der Waals surface area contributed by atoms with Gasteiger partial charge in [-0.3, -0.25) is 0 Å². The van der Waals surface area contributed by atoms with Gasteiger partial charge in [0.2, 0.25) is 0 Å². The number of rotatable bonds is 8. The van der Waals surface area contributed by atoms with E-state index in [1.54, 1.807) is 12.1 Å². The average Bonchev–Trinajstić information content (AvgIpc) is 1.61. The molecule has 6 aromatic heterocycles. The van der Waals surface area contributed by atoms with Gasteiger partial charge in [0.05, 0.1) is 66.2 Å². The first-order valence-electron chi connectivity index (χ1n) is 35.8. The molecule has 0 atom stereocenters. The van der Waals surface area contributed by atoms with E-state index >= 15 is 0 Å². The molecule has 16 aromatic carbocycles. The van der Waals surface area contributed by atoms with Gasteiger partial charge < -0.3 is 37.5 Å². The van der Waals surface area contributed by atoms with Gasteiger partial charge in [-0.15, -0.1) is 0 Å². The first kappa shape index (κ1) is 62.6. The molecule has 0 aliphatic carbocycles. The molecule has 0 aliphatic rings. The van der Waals surface area contributed by atoms with Gasteiger partial charge in [0.25, 0.3) is 0 Å². The number of hydrogen-bond donors (Lipinski definition) is 2. The molecule has 0 bridgehead atoms. The van der Waals surface area contributed by atoms with Crippen LogP contribution in [0.2, 0.25) is 0 Å². The highest BCUT2D eigenvalue weighted by atomic mass is 79.9. The Labute approximate surface area is 618 Å². The third-order valence-electron chi connectivity index (χ3n) is 21.2. The Morgan fingerprint density at radius 3 is 0.566 bits per heavy atom. The number of nitrogens with zero attached hydrogens (tertiary/aromatic N) is 6. The summed E-state index contributed by atoms with van der Waals surface area (Å²) < 4.78 is 15.2. The van der Waals surface area contributed by atoms with Crippen LogP contribution in [0.4, 0.5) is 0 Å². The van der Waals surface area contributed by atoms with Crippen LogP contribution in [0.3, 0.4) is 0 Å². The maximum atomic E-state index is 9.24. The van der Waals surface area contributed by atoms with Crippen molar-refractivity contribution in [3.05, 3.63) is 381 Å². The zero-order valence-corrected chi connectivity index (χ0v) is 58.9. The summed E-state index contributed by atoms with van der Waals surface area (Å²) in [4.78, 5) is 0. The normalized spacial score (nSPS) is 11.7. The van der Waals surface area contributed by atoms with Crippen LogP contribution in [-0.4, -0.2) is 44.6 Å². The van der Waals surface area contributed by atoms with Gasteiger partial charge in [-0.05, 0) is 150 Å². The highest BCUT2D eigenvalue weighted by Gasteiger charge is 2.22. The summed E-state index contributed by atoms with van der Waals surface area (Å²) in [6.45, 7) is 0. The van der Waals surface area contributed by atoms with Crippen LogP contribution < -0.4 is 5.46 Å². The Hall–Kier alpha value is -13.2. The van der Waals surface area contributed by atoms with E-state index in [1.807, 2.05) is 36.4 Å². The van der Waals surface area contributed by atoms with E-state index in [2.05, 4.69) is 371 Å². The van der Waals surface area contributed by atoms with Crippen LogP contribution in [0.25, 0.3) is 176 Å². The van der Waals surface area contributed by atoms with Crippen LogP contribution >= 0.6 is 15.9 Å². The molecule has 10 heteroatoms. The first-order chi connectivity index (χ1) is 52.4. The minimum absolute atomic E-state index is 0.490. The fraction of sp³-hybridized carbons (Fsp3) is 0. The Morgan fingerprint density at radius 1 is 0.179 bits per heavy atom. The minimum Gasteiger partial charge on any atom is -0.423 e. The molecule has 0 unspecified atom stereocenters. The van der Waals surface area contributed by atoms with Crippen molar-refractivity contribution in [2.45, 2.75) is 0 Å². The maximum absolute atomic E-state index is 9.24. The van der Waals surface area contributed by atoms with E-state index in [1.165, 1.54) is 131 Å². The quantitative estimate of drug-likeness (QED) is 0.149. The standard InChI is InChI=1S/C48H31N3.C30H19BrN2.C18H14BNO2/c1-7-19-43-37(13-1)38-14-2-8-20-44(38)49(43)34-27-25-32(26-28-34)33-29-35(50-45-21-9-3-15-39(45)40-16-4-10-22-46(40)50)31-36(30-33)51-47-23-11-5-17-41(47)42-18-6-12-24-48(42)51;31-20-17-21(32-27-13-5-1-9-23(27)24-10-2-6-14-28(24)32)19-22(18-20)33-29-15-7-3-11-25(29)26-12-4-8-16-30(26)33;21-19(22)13-9-11-14(12-10-13)20-17-7-3-1-5-15(17)16-6-2-4-8-18(16)20/h1-31H;1-19H;1-12,21-22H. The Bertz CT molecular complexity index is 6630. The molecule has 22 aromatic rings. The molecule has 0 fully saturated rings. The summed E-state index contributed by atoms with van der Waals surface area (Å²) >= 11 is 3.81. The molecule has 106 heavy (non-hydrogen) atoms. The van der Waals surface area contributed by atoms with Crippen LogP contribution in [0.5, 0.6) is 0 Å². The molecule has 500 valence electrons. The average molecular weight is 1420 g/mol. The summed E-state index contributed by atoms with van der Waals surface area (Å²) in [5, 5.41) is 33.5. The molecular formula is C96H64BBrN6O2. The van der Waals surface area contributed by atoms with Crippen molar-refractivity contribution in [2.75, 3.05) is 0 Å². The second-order valence-electron chi connectivity index (χ2n) is 27.1. The molecule has 0 spiro atoms. The smallest absolute Gasteiger partial charge is 0.423 e. The third-order valence-corrected chi connectivity index (χ3v) is 21.6. The van der Waals surface area contributed by atoms with E-state index in [0.29, 0.717) is 5.46 Å². The summed E-state index contributed by atoms with van der Waals surface area (Å²) in [5.41, 5.74) is 23.9. The second kappa shape index (κ2) is 25.6. The second-order valence-corrected chi connectivity index (χ2v) is 28.1. The lowest BCUT2D eigenvalue weighted by molar-refractivity contribution is 0.426. The monoisotopic (exact) mass is 1420 g/mol. The summed E-state index contributed by atoms with van der Waals surface area (Å²) in [7, 11) is -1.44. The summed E-state index contributed by atoms with van der Waals surface area (Å²) in [6, 6.07) is 134. The zero-order valence-electron chi connectivity index (χ0n) is 57.3. The van der Waals surface area contributed by atoms with Gasteiger partial charge in [-0.25, -0.2) is 0 Å². The molecule has 2 N–H and O–H groups in total. The van der Waals surface area contributed by atoms with Crippen molar-refractivity contribution < 1.29 is 10.0 Å². The van der Waals surface area contributed by atoms with Gasteiger partial charge in [0, 0.05) is 103 Å². The zero-order chi connectivity index (χ0) is 70.5. The molecule has 0 radical (unpaired) electrons. The van der Waals surface area contributed by atoms with E-state index in [0.717, 1.165) is 49.6 Å². The topological polar surface area (TPSA) is 70.0 Å². The van der Waals surface area contributed by atoms with E-state index in [9.17, 15) is 10.0 Å². The Kier molecular flexibility index (Phi) is 15.1. The van der Waals surface area contributed by atoms with Crippen molar-refractivity contribution in [1.29, 1.82) is 0 Å². The van der Waals surface area contributed by atoms with Gasteiger partial charge in [-0.2, -0.15) is 0 Å². The van der Waals surface area contributed by atoms with Crippen molar-refractivity contribution in [3.8, 4) is 45.3 Å². The van der Waals surface area contributed by atoms with Crippen LogP contribution in [-0.2, 0) is 0 Å². The third kappa shape index (κ3) is 10.3. The minimum atomic E-state index is -1.44. The number of para-hydroxylation sites is 12. The molecule has 6 heterocycles. The first-order valence-corrected chi connectivity index (χ1v) is 36.6. The van der Waals surface area contributed by atoms with Crippen LogP contribution in [0.1, 0.15) is 0 Å². The van der Waals surface area contributed by atoms with E-state index in [-0.39, 0.29) is 0 Å². The fourth-order valence-corrected chi connectivity index (χ4v) is 17.1. The van der Waals surface area contributed by atoms with Crippen LogP contribution in [0.15, 0.2) is 381 Å². The van der Waals surface area contributed by atoms with E-state index < -0.39 is 7.12 Å². The van der Waals surface area contributed by atoms with Crippen LogP contribution in [0, 0.1) is 0 Å². The molecule has 22 rings (SSSR count). The molecule has 0 aliphatic heterocycles. The van der Waals surface area contributed by atoms with Gasteiger partial charge in [0.1, 0.15) is 0 Å². The van der Waals surface area contributed by atoms with E-state index in [4.69, 9.17) is 0 Å². The van der Waals surface area contributed by atoms with Crippen molar-refractivity contribution in [3.63, 3.8) is 0 Å². The fourth-order valence-electron chi connectivity index (χ4n) is 16.6. The number of fused-ring (bicyclic) bond motifs is 18. The number of hydrogen-bond acceptors (Lipinski definition) is 2. The predicted octanol–water partition coefficient (Wildman–Crippen LogP) is 23.8. The maximum Gasteiger partial charge on any atom is 0.488 e. The lowest BCUT2D eigenvalue weighted by Crippen LogP contribution is -2.29. The highest BCUT2D eigenvalue weighted by molar-refractivity contribution is 9.10. The largest absolute Gasteiger partial charge is 0.488 e. The molecule has 8 nitrogen and oxygen atoms in total. The number of aromatic nitrogens is 6. The van der Waals surface area contributed by atoms with Gasteiger partial charge in [0.15, 0.2) is 0 Å². The van der Waals surface area contributed by atoms with Gasteiger partial charge >= 0.3 is 7.12 Å². The predicted molar refractivity (Wildman–Crippen MR) is 448 cm³/mol. The van der Waals surface area contributed by atoms with Crippen molar-refractivity contribution in [1.82, 2.24) is 27.4 Å². The molecule has 0 saturated carbocycles. The van der Waals surface area contributed by atoms with Crippen molar-refractivity contribution >= 4 is 159 Å². The number of halogens is 1. The Morgan fingerprint density at radius 2 is 0.358 bits per heavy atom. The highest BCUT2D eigenvalue weighted by Crippen LogP contribution is 2.42. The summed E-state index contributed by atoms with van der Waals surface area (Å²) in [5.74, 6) is 0. The molecule has 0 amide bonds. The SMILES string of the molecule is Brc1cc(-n2c3ccccc3c3ccccc32)cc(-n2c3ccccc3c3ccccc32)c1.OB(O)c1ccc(-n2c3ccccc3c3ccccc32)cc1.c1ccc2c(c1)c1ccccc1n2-c1ccc(-c2cc(-n3c4ccccc4c4ccccc43)cc(-n3c4ccccc4c4ccccc43)c2)cc1. The van der Waals surface area contributed by atoms with Gasteiger partial charge in [-0.1, -0.05) is 259 Å². The Balaban J connectivity index is 0.000000116. The molecular weight excluding hydrogens is 1360 g/mol. The van der Waals surface area contributed by atoms with Crippen molar-refractivity contribution in [2.24, 2.45) is 0 Å². The lowest BCUT2D eigenvalue weighted by Gasteiger charge is -2.16. The summed E-state index contributed by atoms with van der Waals surface area (Å²) in [6.07, 6.45) is 0. The number of benzene rings is 16.